The lowest BCUT2D eigenvalue weighted by Crippen LogP contribution is -2.37. The number of amidine groups is 1. The number of carboxylic acid groups (broad SMARTS) is 1. The Morgan fingerprint density at radius 1 is 0.593 bits per heavy atom. The van der Waals surface area contributed by atoms with Crippen molar-refractivity contribution in [3.63, 3.8) is 0 Å². The molecule has 0 heterocycles. The van der Waals surface area contributed by atoms with Gasteiger partial charge in [-0.3, -0.25) is 43.5 Å². The molecule has 0 radical (unpaired) electrons. The molecule has 1 unspecified atom stereocenters. The zero-order valence-electron chi connectivity index (χ0n) is 54.9. The minimum Gasteiger partial charge on any atom is -0.508 e. The standard InChI is InChI=1S/C67H114N6O17S.H2/c1-4-5-17-27-57(75)47-54(65(80)52(3)59(29-19-20-30-62(68)69)61(77)48-55(66(70)81)46-53-31-33-56(74)34-32-53)26-21-22-37-71-64(79)50-90-44-41-87-39-24-28-58(76)49-89-43-42-88-40-38-72-63(78)36-35-60(67(82)83)73-51(2)25-18-15-13-11-9-7-6-8-10-12-14-16-23-45-91(84,85)86;/h31-34,52,54-55,59-60,73-74H,2,4-30,35-50H2,1,3H3,(H3,68,69)(H2,70,81)(H,71,79)(H,72,78)(H,82,83)(H,84,85,86);1H/t52?,54-,55-,59-,60+;/m1./s1. The summed E-state index contributed by atoms with van der Waals surface area (Å²) in [5.41, 5.74) is 12.7. The number of nitrogens with one attached hydrogen (secondary N) is 4. The number of aromatic hydroxyl groups is 1. The van der Waals surface area contributed by atoms with E-state index in [2.05, 4.69) is 22.5 Å². The lowest BCUT2D eigenvalue weighted by Gasteiger charge is -2.27. The Kier molecular flexibility index (Phi) is 48.4. The number of phenolic OH excluding ortho intramolecular Hbond substituents is 1. The SMILES string of the molecule is C=C(CCCCCCCCCCCCCCCS(=O)(=O)O)N[C@@H](CCC(=O)NCCOCCOCC(=O)CCCOCCOCC(=O)NCCCC[C@H](CC(=O)CCCCC)C(=O)C(C)[C@@H](CCCCC(=N)N)C(=O)C[C@@H](Cc1ccc(O)cc1)C(N)=O)C(=O)O.[HH]. The van der Waals surface area contributed by atoms with Gasteiger partial charge in [-0.15, -0.1) is 0 Å². The van der Waals surface area contributed by atoms with Crippen LogP contribution in [-0.2, 0) is 73.8 Å². The number of carbonyl (C=O) groups excluding carboxylic acids is 7. The molecular formula is C67H116N6O17S. The van der Waals surface area contributed by atoms with Gasteiger partial charge in [-0.2, -0.15) is 8.42 Å². The summed E-state index contributed by atoms with van der Waals surface area (Å²) in [5, 5.41) is 35.5. The molecule has 1 rings (SSSR count). The van der Waals surface area contributed by atoms with Gasteiger partial charge in [-0.25, -0.2) is 4.79 Å². The maximum absolute atomic E-state index is 14.4. The minimum atomic E-state index is -3.85. The predicted molar refractivity (Wildman–Crippen MR) is 353 cm³/mol. The molecule has 23 nitrogen and oxygen atoms in total. The number of ether oxygens (including phenoxy) is 4. The number of benzene rings is 1. The molecule has 522 valence electrons. The van der Waals surface area contributed by atoms with Gasteiger partial charge in [0.1, 0.15) is 42.4 Å². The Labute approximate surface area is 543 Å². The highest BCUT2D eigenvalue weighted by Crippen LogP contribution is 2.31. The smallest absolute Gasteiger partial charge is 0.326 e. The highest BCUT2D eigenvalue weighted by molar-refractivity contribution is 7.85. The Bertz CT molecular complexity index is 2380. The van der Waals surface area contributed by atoms with Gasteiger partial charge in [0.2, 0.25) is 17.7 Å². The third-order valence-electron chi connectivity index (χ3n) is 16.0. The van der Waals surface area contributed by atoms with Crippen molar-refractivity contribution in [1.82, 2.24) is 16.0 Å². The molecule has 0 bridgehead atoms. The number of primary amides is 1. The predicted octanol–water partition coefficient (Wildman–Crippen LogP) is 9.22. The number of allylic oxidation sites excluding steroid dienone is 1. The van der Waals surface area contributed by atoms with Crippen LogP contribution in [0.25, 0.3) is 0 Å². The topological polar surface area (TPSA) is 380 Å². The van der Waals surface area contributed by atoms with Gasteiger partial charge in [0.15, 0.2) is 5.78 Å². The van der Waals surface area contributed by atoms with E-state index in [9.17, 15) is 57.0 Å². The first-order valence-electron chi connectivity index (χ1n) is 33.5. The van der Waals surface area contributed by atoms with Gasteiger partial charge in [0.05, 0.1) is 44.6 Å². The molecule has 24 heteroatoms. The van der Waals surface area contributed by atoms with E-state index < -0.39 is 51.7 Å². The molecule has 0 fully saturated rings. The van der Waals surface area contributed by atoms with E-state index in [1.165, 1.54) is 37.8 Å². The van der Waals surface area contributed by atoms with Crippen LogP contribution in [0.4, 0.5) is 0 Å². The van der Waals surface area contributed by atoms with Crippen LogP contribution in [0.1, 0.15) is 220 Å². The Hall–Kier alpha value is -5.66. The molecule has 1 aromatic carbocycles. The highest BCUT2D eigenvalue weighted by Gasteiger charge is 2.36. The number of aliphatic carboxylic acids is 1. The number of nitrogens with two attached hydrogens (primary N) is 2. The number of amides is 3. The summed E-state index contributed by atoms with van der Waals surface area (Å²) in [6.07, 6.45) is 21.0. The Morgan fingerprint density at radius 2 is 1.14 bits per heavy atom. The molecule has 0 spiro atoms. The van der Waals surface area contributed by atoms with E-state index in [1.807, 2.05) is 6.92 Å². The van der Waals surface area contributed by atoms with Crippen molar-refractivity contribution < 1.29 is 81.9 Å². The molecule has 3 amide bonds. The number of carbonyl (C=O) groups is 8. The van der Waals surface area contributed by atoms with Gasteiger partial charge in [0.25, 0.3) is 10.1 Å². The van der Waals surface area contributed by atoms with Gasteiger partial charge in [-0.1, -0.05) is 129 Å². The monoisotopic (exact) mass is 1310 g/mol. The van der Waals surface area contributed by atoms with Crippen LogP contribution in [0.15, 0.2) is 36.5 Å². The fraction of sp³-hybridized carbons (Fsp3) is 0.746. The summed E-state index contributed by atoms with van der Waals surface area (Å²) >= 11 is 0. The molecule has 0 saturated heterocycles. The van der Waals surface area contributed by atoms with Crippen LogP contribution in [-0.4, -0.2) is 154 Å². The third kappa shape index (κ3) is 47.0. The van der Waals surface area contributed by atoms with Gasteiger partial charge in [-0.05, 0) is 88.3 Å². The molecule has 0 aliphatic rings. The average molecular weight is 1310 g/mol. The average Bonchev–Trinajstić information content (AvgIpc) is 1.15. The van der Waals surface area contributed by atoms with Crippen molar-refractivity contribution in [2.75, 3.05) is 71.7 Å². The zero-order valence-corrected chi connectivity index (χ0v) is 55.7. The Morgan fingerprint density at radius 3 is 1.75 bits per heavy atom. The van der Waals surface area contributed by atoms with Crippen molar-refractivity contribution in [2.24, 2.45) is 35.1 Å². The summed E-state index contributed by atoms with van der Waals surface area (Å²) in [5.74, 6) is -6.00. The van der Waals surface area contributed by atoms with E-state index in [0.717, 1.165) is 70.6 Å². The number of carboxylic acids is 1. The summed E-state index contributed by atoms with van der Waals surface area (Å²) in [4.78, 5) is 103. The zero-order chi connectivity index (χ0) is 67.5. The van der Waals surface area contributed by atoms with Crippen LogP contribution in [0, 0.1) is 29.1 Å². The van der Waals surface area contributed by atoms with E-state index in [4.69, 9.17) is 40.4 Å². The van der Waals surface area contributed by atoms with Crippen LogP contribution >= 0.6 is 0 Å². The van der Waals surface area contributed by atoms with Crippen molar-refractivity contribution in [1.29, 1.82) is 5.41 Å². The second-order valence-electron chi connectivity index (χ2n) is 24.1. The van der Waals surface area contributed by atoms with Crippen LogP contribution in [0.3, 0.4) is 0 Å². The first kappa shape index (κ1) is 83.4. The molecule has 0 aliphatic heterocycles. The molecule has 91 heavy (non-hydrogen) atoms. The molecular weight excluding hydrogens is 1190 g/mol. The lowest BCUT2D eigenvalue weighted by atomic mass is 9.75. The van der Waals surface area contributed by atoms with Crippen LogP contribution in [0.2, 0.25) is 0 Å². The number of rotatable bonds is 64. The maximum Gasteiger partial charge on any atom is 0.326 e. The normalized spacial score (nSPS) is 13.1. The molecule has 11 N–H and O–H groups in total. The first-order valence-corrected chi connectivity index (χ1v) is 35.1. The number of Topliss-reactive ketones (excluding diaryl/α,β-unsaturated/α-hetero) is 4. The van der Waals surface area contributed by atoms with Crippen LogP contribution in [0.5, 0.6) is 5.75 Å². The number of hydrogen-bond donors (Lipinski definition) is 9. The minimum absolute atomic E-state index is 0. The number of ketones is 4. The summed E-state index contributed by atoms with van der Waals surface area (Å²) < 4.78 is 52.2. The fourth-order valence-electron chi connectivity index (χ4n) is 10.6. The largest absolute Gasteiger partial charge is 0.508 e. The van der Waals surface area contributed by atoms with E-state index in [0.29, 0.717) is 95.0 Å². The van der Waals surface area contributed by atoms with Crippen molar-refractivity contribution in [3.05, 3.63) is 42.1 Å². The third-order valence-corrected chi connectivity index (χ3v) is 16.8. The van der Waals surface area contributed by atoms with Gasteiger partial charge < -0.3 is 56.6 Å². The fourth-order valence-corrected chi connectivity index (χ4v) is 11.2. The van der Waals surface area contributed by atoms with Crippen molar-refractivity contribution in [3.8, 4) is 5.75 Å². The number of phenols is 1. The number of hydrogen-bond acceptors (Lipinski definition) is 17. The second kappa shape index (κ2) is 52.8. The summed E-state index contributed by atoms with van der Waals surface area (Å²) in [7, 11) is -3.85. The van der Waals surface area contributed by atoms with E-state index >= 15 is 0 Å². The Balaban J connectivity index is 0.0000828. The molecule has 0 aromatic heterocycles. The molecule has 0 aliphatic carbocycles. The summed E-state index contributed by atoms with van der Waals surface area (Å²) in [6.45, 7) is 9.31. The van der Waals surface area contributed by atoms with Crippen molar-refractivity contribution in [2.45, 2.75) is 225 Å². The maximum atomic E-state index is 14.4. The summed E-state index contributed by atoms with van der Waals surface area (Å²) in [6, 6.07) is 5.37. The first-order chi connectivity index (χ1) is 43.5. The molecule has 1 aromatic rings. The lowest BCUT2D eigenvalue weighted by molar-refractivity contribution is -0.139. The van der Waals surface area contributed by atoms with Gasteiger partial charge >= 0.3 is 5.97 Å². The number of unbranched alkanes of at least 4 members (excludes halogenated alkanes) is 16. The quantitative estimate of drug-likeness (QED) is 0.0127. The van der Waals surface area contributed by atoms with Gasteiger partial charge in [0, 0.05) is 89.0 Å². The highest BCUT2D eigenvalue weighted by atomic mass is 32.2. The van der Waals surface area contributed by atoms with Crippen molar-refractivity contribution >= 4 is 62.8 Å². The van der Waals surface area contributed by atoms with E-state index in [1.54, 1.807) is 19.1 Å². The molecule has 5 atom stereocenters. The molecule has 0 saturated carbocycles. The van der Waals surface area contributed by atoms with E-state index in [-0.39, 0.29) is 145 Å². The second-order valence-corrected chi connectivity index (χ2v) is 25.7. The van der Waals surface area contributed by atoms with Crippen LogP contribution < -0.4 is 27.4 Å².